The molecule has 9 heteroatoms. The van der Waals surface area contributed by atoms with Gasteiger partial charge in [-0.05, 0) is 35.4 Å². The zero-order chi connectivity index (χ0) is 25.6. The number of nitrogens with zero attached hydrogens (tertiary/aromatic N) is 2. The van der Waals surface area contributed by atoms with Crippen LogP contribution in [-0.2, 0) is 45.7 Å². The average molecular weight is 617 g/mol. The number of amides is 2. The summed E-state index contributed by atoms with van der Waals surface area (Å²) in [6.07, 6.45) is 0. The van der Waals surface area contributed by atoms with E-state index in [0.29, 0.717) is 21.2 Å². The van der Waals surface area contributed by atoms with Crippen molar-refractivity contribution in [2.75, 3.05) is 0 Å². The second kappa shape index (κ2) is 16.1. The quantitative estimate of drug-likeness (QED) is 0.109. The Morgan fingerprint density at radius 2 is 0.703 bits per heavy atom. The molecule has 0 radical (unpaired) electrons. The van der Waals surface area contributed by atoms with Crippen molar-refractivity contribution in [3.63, 3.8) is 0 Å². The summed E-state index contributed by atoms with van der Waals surface area (Å²) in [7, 11) is 0. The molecular weight excluding hydrogens is 595 g/mol. The van der Waals surface area contributed by atoms with E-state index in [1.54, 1.807) is 48.5 Å². The number of carbonyl (C=O) groups excluding carboxylic acids is 2. The summed E-state index contributed by atoms with van der Waals surface area (Å²) in [5.41, 5.74) is 7.60. The van der Waals surface area contributed by atoms with Gasteiger partial charge in [0.25, 0.3) is 11.8 Å². The first-order valence-corrected chi connectivity index (χ1v) is 11.7. The smallest absolute Gasteiger partial charge is 0.758 e. The van der Waals surface area contributed by atoms with Gasteiger partial charge in [0.15, 0.2) is 0 Å². The summed E-state index contributed by atoms with van der Waals surface area (Å²) in [5.74, 6) is -0.539. The number of hydrazone groups is 2. The predicted octanol–water partition coefficient (Wildman–Crippen LogP) is 4.65. The van der Waals surface area contributed by atoms with Crippen molar-refractivity contribution in [1.29, 1.82) is 0 Å². The van der Waals surface area contributed by atoms with Crippen molar-refractivity contribution >= 4 is 47.2 Å². The van der Waals surface area contributed by atoms with Gasteiger partial charge in [0, 0.05) is 11.1 Å². The Kier molecular flexibility index (Phi) is 12.8. The minimum Gasteiger partial charge on any atom is -0.758 e. The van der Waals surface area contributed by atoms with Crippen LogP contribution in [0.25, 0.3) is 0 Å². The Bertz CT molecular complexity index is 1220. The normalized spacial score (nSPS) is 10.7. The van der Waals surface area contributed by atoms with E-state index in [-0.39, 0.29) is 32.2 Å². The van der Waals surface area contributed by atoms with Crippen LogP contribution in [0.1, 0.15) is 31.8 Å². The van der Waals surface area contributed by atoms with Crippen LogP contribution < -0.4 is 10.9 Å². The van der Waals surface area contributed by atoms with Crippen LogP contribution in [-0.4, -0.2) is 21.9 Å². The number of hydrogen-bond acceptors (Lipinski definition) is 6. The molecular formula is C28H22N4O2PdS2. The molecule has 4 rings (SSSR count). The van der Waals surface area contributed by atoms with E-state index in [2.05, 4.69) is 21.1 Å². The molecule has 0 saturated carbocycles. The Hall–Kier alpha value is -3.74. The molecule has 2 N–H and O–H groups in total. The molecule has 0 aromatic heterocycles. The molecule has 0 heterocycles. The standard InChI is InChI=1S/2C14H12N2OS.Pd/c2*17-13(11-7-3-1-4-8-11)15-16-14(18)12-9-5-2-6-10-12;/h2*1-10H,(H,15,17)(H,16,18);/q;;+2/p-2. The maximum absolute atomic E-state index is 11.7. The summed E-state index contributed by atoms with van der Waals surface area (Å²) >= 11 is 10.2. The van der Waals surface area contributed by atoms with Gasteiger partial charge in [-0.25, -0.2) is 21.1 Å². The van der Waals surface area contributed by atoms with Gasteiger partial charge in [-0.3, -0.25) is 9.59 Å². The molecule has 37 heavy (non-hydrogen) atoms. The van der Waals surface area contributed by atoms with Crippen LogP contribution in [0.15, 0.2) is 132 Å². The van der Waals surface area contributed by atoms with E-state index in [1.807, 2.05) is 72.8 Å². The van der Waals surface area contributed by atoms with Crippen LogP contribution in [0.4, 0.5) is 0 Å². The molecule has 0 spiro atoms. The molecule has 0 aliphatic rings. The van der Waals surface area contributed by atoms with Crippen molar-refractivity contribution in [3.05, 3.63) is 144 Å². The fraction of sp³-hybridized carbons (Fsp3) is 0. The third-order valence-electron chi connectivity index (χ3n) is 4.63. The number of rotatable bonds is 6. The monoisotopic (exact) mass is 616 g/mol. The van der Waals surface area contributed by atoms with E-state index in [4.69, 9.17) is 25.3 Å². The molecule has 0 fully saturated rings. The number of nitrogens with one attached hydrogen (secondary N) is 2. The first kappa shape index (κ1) is 29.5. The fourth-order valence-corrected chi connectivity index (χ4v) is 3.17. The number of hydrogen-bond donors (Lipinski definition) is 2. The van der Waals surface area contributed by atoms with Gasteiger partial charge < -0.3 is 25.3 Å². The molecule has 6 nitrogen and oxygen atoms in total. The minimum absolute atomic E-state index is 0. The Morgan fingerprint density at radius 3 is 0.973 bits per heavy atom. The largest absolute Gasteiger partial charge is 2.00 e. The average Bonchev–Trinajstić information content (AvgIpc) is 2.96. The van der Waals surface area contributed by atoms with Crippen LogP contribution in [0.2, 0.25) is 0 Å². The summed E-state index contributed by atoms with van der Waals surface area (Å²) in [6.45, 7) is 0. The number of carbonyl (C=O) groups is 2. The summed E-state index contributed by atoms with van der Waals surface area (Å²) in [6, 6.07) is 36.4. The van der Waals surface area contributed by atoms with Crippen LogP contribution in [0, 0.1) is 0 Å². The van der Waals surface area contributed by atoms with Crippen molar-refractivity contribution in [2.24, 2.45) is 10.2 Å². The van der Waals surface area contributed by atoms with Crippen LogP contribution in [0.5, 0.6) is 0 Å². The van der Waals surface area contributed by atoms with Gasteiger partial charge in [-0.2, -0.15) is 0 Å². The molecule has 0 aliphatic carbocycles. The van der Waals surface area contributed by atoms with Gasteiger partial charge in [0.05, 0.1) is 0 Å². The fourth-order valence-electron chi connectivity index (χ4n) is 2.80. The van der Waals surface area contributed by atoms with Crippen LogP contribution in [0.3, 0.4) is 0 Å². The molecule has 0 saturated heterocycles. The Morgan fingerprint density at radius 1 is 0.459 bits per heavy atom. The maximum Gasteiger partial charge on any atom is 2.00 e. The third kappa shape index (κ3) is 10.0. The maximum atomic E-state index is 11.7. The SMILES string of the molecule is O=C(N/N=C(\[S-])c1ccccc1)c1ccccc1.O=C(N/N=C(\[S-])c1ccccc1)c1ccccc1.[Pd+2]. The molecule has 4 aromatic carbocycles. The molecule has 0 aliphatic heterocycles. The third-order valence-corrected chi connectivity index (χ3v) is 5.29. The molecule has 188 valence electrons. The number of benzene rings is 4. The van der Waals surface area contributed by atoms with E-state index < -0.39 is 0 Å². The topological polar surface area (TPSA) is 82.9 Å². The molecule has 0 bridgehead atoms. The van der Waals surface area contributed by atoms with Gasteiger partial charge in [0.1, 0.15) is 0 Å². The van der Waals surface area contributed by atoms with Gasteiger partial charge in [0.2, 0.25) is 0 Å². The summed E-state index contributed by atoms with van der Waals surface area (Å²) in [4.78, 5) is 23.4. The van der Waals surface area contributed by atoms with Crippen molar-refractivity contribution < 1.29 is 30.0 Å². The van der Waals surface area contributed by atoms with E-state index in [1.165, 1.54) is 0 Å². The van der Waals surface area contributed by atoms with E-state index >= 15 is 0 Å². The van der Waals surface area contributed by atoms with Gasteiger partial charge in [-0.15, -0.1) is 0 Å². The molecule has 0 atom stereocenters. The van der Waals surface area contributed by atoms with Gasteiger partial charge in [-0.1, -0.05) is 107 Å². The van der Waals surface area contributed by atoms with Crippen molar-refractivity contribution in [3.8, 4) is 0 Å². The molecule has 0 unspecified atom stereocenters. The van der Waals surface area contributed by atoms with E-state index in [0.717, 1.165) is 11.1 Å². The second-order valence-corrected chi connectivity index (χ2v) is 7.95. The molecule has 2 amide bonds. The van der Waals surface area contributed by atoms with Crippen molar-refractivity contribution in [2.45, 2.75) is 0 Å². The minimum atomic E-state index is -0.270. The predicted molar refractivity (Wildman–Crippen MR) is 149 cm³/mol. The zero-order valence-corrected chi connectivity index (χ0v) is 22.6. The van der Waals surface area contributed by atoms with Crippen LogP contribution >= 0.6 is 0 Å². The summed E-state index contributed by atoms with van der Waals surface area (Å²) in [5, 5.41) is 8.53. The Balaban J connectivity index is 0.000000253. The first-order valence-electron chi connectivity index (χ1n) is 10.9. The molecule has 4 aromatic rings. The van der Waals surface area contributed by atoms with Gasteiger partial charge >= 0.3 is 20.4 Å². The Labute approximate surface area is 240 Å². The zero-order valence-electron chi connectivity index (χ0n) is 19.4. The first-order chi connectivity index (χ1) is 17.5. The second-order valence-electron chi connectivity index (χ2n) is 7.18. The summed E-state index contributed by atoms with van der Waals surface area (Å²) < 4.78 is 0. The van der Waals surface area contributed by atoms with Crippen molar-refractivity contribution in [1.82, 2.24) is 10.9 Å². The van der Waals surface area contributed by atoms with E-state index in [9.17, 15) is 9.59 Å².